The lowest BCUT2D eigenvalue weighted by molar-refractivity contribution is -0.138. The zero-order valence-corrected chi connectivity index (χ0v) is 20.0. The highest BCUT2D eigenvalue weighted by molar-refractivity contribution is 7.89. The van der Waals surface area contributed by atoms with Crippen LogP contribution in [0.4, 0.5) is 8.78 Å². The molecule has 2 heterocycles. The number of carbonyl (C=O) groups is 1. The van der Waals surface area contributed by atoms with Gasteiger partial charge >= 0.3 is 0 Å². The number of carbonyl (C=O) groups excluding carboxylic acids is 1. The fourth-order valence-electron chi connectivity index (χ4n) is 4.30. The summed E-state index contributed by atoms with van der Waals surface area (Å²) in [4.78, 5) is 19.0. The minimum atomic E-state index is -4.04. The highest BCUT2D eigenvalue weighted by atomic mass is 32.2. The Morgan fingerprint density at radius 1 is 1.31 bits per heavy atom. The summed E-state index contributed by atoms with van der Waals surface area (Å²) in [6.07, 6.45) is 1.32. The minimum absolute atomic E-state index is 0.0420. The van der Waals surface area contributed by atoms with Crippen LogP contribution >= 0.6 is 0 Å². The molecular weight excluding hydrogens is 440 g/mol. The Morgan fingerprint density at radius 2 is 1.97 bits per heavy atom. The Balaban J connectivity index is 1.83. The number of ether oxygens (including phenoxy) is 1. The first kappa shape index (κ1) is 24.8. The van der Waals surface area contributed by atoms with Gasteiger partial charge in [0, 0.05) is 38.2 Å². The highest BCUT2D eigenvalue weighted by Crippen LogP contribution is 2.36. The molecule has 32 heavy (non-hydrogen) atoms. The van der Waals surface area contributed by atoms with Gasteiger partial charge in [0.15, 0.2) is 0 Å². The van der Waals surface area contributed by atoms with Crippen LogP contribution in [0, 0.1) is 6.92 Å². The molecule has 0 radical (unpaired) electrons. The molecule has 10 heteroatoms. The van der Waals surface area contributed by atoms with Gasteiger partial charge in [0.2, 0.25) is 27.7 Å². The summed E-state index contributed by atoms with van der Waals surface area (Å²) < 4.78 is 61.2. The Kier molecular flexibility index (Phi) is 7.44. The number of alkyl halides is 2. The van der Waals surface area contributed by atoms with Crippen molar-refractivity contribution in [2.45, 2.75) is 94.7 Å². The molecule has 1 saturated carbocycles. The van der Waals surface area contributed by atoms with Gasteiger partial charge in [0.05, 0.1) is 6.10 Å². The van der Waals surface area contributed by atoms with Crippen LogP contribution in [-0.2, 0) is 14.8 Å². The third kappa shape index (κ3) is 5.22. The van der Waals surface area contributed by atoms with Crippen LogP contribution in [0.15, 0.2) is 17.0 Å². The number of nitrogens with zero attached hydrogens (tertiary/aromatic N) is 3. The molecule has 0 unspecified atom stereocenters. The quantitative estimate of drug-likeness (QED) is 0.603. The number of likely N-dealkylation sites (N-methyl/N-ethyl adjacent to an activating group) is 1. The first-order valence-electron chi connectivity index (χ1n) is 11.3. The first-order chi connectivity index (χ1) is 15.0. The summed E-state index contributed by atoms with van der Waals surface area (Å²) in [6.45, 7) is 5.74. The third-order valence-electron chi connectivity index (χ3n) is 6.51. The standard InChI is InChI=1S/C22H33F2N3O4S/c1-5-16(3)31-20-19(9-8-15(2)25-20)32(29,30)27-14-6-7-18(27)21(28)26(4)17-10-12-22(23,24)13-11-17/h8-9,16-18H,5-7,10-14H2,1-4H3/t16-,18+/m1/s1. The predicted molar refractivity (Wildman–Crippen MR) is 116 cm³/mol. The van der Waals surface area contributed by atoms with Gasteiger partial charge in [0.1, 0.15) is 10.9 Å². The number of hydrogen-bond donors (Lipinski definition) is 0. The van der Waals surface area contributed by atoms with Crippen molar-refractivity contribution in [2.75, 3.05) is 13.6 Å². The number of rotatable bonds is 7. The van der Waals surface area contributed by atoms with E-state index < -0.39 is 22.0 Å². The average Bonchev–Trinajstić information content (AvgIpc) is 3.23. The van der Waals surface area contributed by atoms with E-state index in [0.29, 0.717) is 25.0 Å². The Morgan fingerprint density at radius 3 is 2.59 bits per heavy atom. The van der Waals surface area contributed by atoms with Gasteiger partial charge in [-0.05, 0) is 58.1 Å². The van der Waals surface area contributed by atoms with Gasteiger partial charge in [-0.15, -0.1) is 0 Å². The van der Waals surface area contributed by atoms with Crippen LogP contribution < -0.4 is 4.74 Å². The summed E-state index contributed by atoms with van der Waals surface area (Å²) in [5.41, 5.74) is 0.630. The molecule has 2 atom stereocenters. The van der Waals surface area contributed by atoms with Crippen molar-refractivity contribution in [3.63, 3.8) is 0 Å². The number of halogens is 2. The minimum Gasteiger partial charge on any atom is -0.474 e. The van der Waals surface area contributed by atoms with Crippen molar-refractivity contribution in [1.29, 1.82) is 0 Å². The van der Waals surface area contributed by atoms with E-state index in [4.69, 9.17) is 4.74 Å². The molecule has 1 aliphatic heterocycles. The second-order valence-electron chi connectivity index (χ2n) is 8.90. The molecule has 180 valence electrons. The number of hydrogen-bond acceptors (Lipinski definition) is 5. The molecule has 1 amide bonds. The molecule has 1 aromatic heterocycles. The monoisotopic (exact) mass is 473 g/mol. The van der Waals surface area contributed by atoms with Crippen molar-refractivity contribution in [3.05, 3.63) is 17.8 Å². The fourth-order valence-corrected chi connectivity index (χ4v) is 6.01. The van der Waals surface area contributed by atoms with Gasteiger partial charge in [-0.2, -0.15) is 4.31 Å². The summed E-state index contributed by atoms with van der Waals surface area (Å²) in [6, 6.07) is 1.92. The van der Waals surface area contributed by atoms with E-state index in [0.717, 1.165) is 0 Å². The fraction of sp³-hybridized carbons (Fsp3) is 0.727. The van der Waals surface area contributed by atoms with Crippen molar-refractivity contribution in [2.24, 2.45) is 0 Å². The van der Waals surface area contributed by atoms with Gasteiger partial charge in [-0.1, -0.05) is 6.92 Å². The van der Waals surface area contributed by atoms with Gasteiger partial charge < -0.3 is 9.64 Å². The first-order valence-corrected chi connectivity index (χ1v) is 12.7. The topological polar surface area (TPSA) is 79.8 Å². The summed E-state index contributed by atoms with van der Waals surface area (Å²) in [7, 11) is -2.45. The number of aryl methyl sites for hydroxylation is 1. The zero-order chi connectivity index (χ0) is 23.7. The second-order valence-corrected chi connectivity index (χ2v) is 10.8. The second kappa shape index (κ2) is 9.59. The third-order valence-corrected chi connectivity index (χ3v) is 8.43. The molecule has 3 rings (SSSR count). The maximum Gasteiger partial charge on any atom is 0.249 e. The van der Waals surface area contributed by atoms with E-state index in [1.165, 1.54) is 15.3 Å². The van der Waals surface area contributed by atoms with Crippen molar-refractivity contribution >= 4 is 15.9 Å². The van der Waals surface area contributed by atoms with Crippen LogP contribution in [0.25, 0.3) is 0 Å². The van der Waals surface area contributed by atoms with E-state index in [-0.39, 0.29) is 61.1 Å². The summed E-state index contributed by atoms with van der Waals surface area (Å²) in [5.74, 6) is -2.99. The number of aromatic nitrogens is 1. The number of sulfonamides is 1. The van der Waals surface area contributed by atoms with Crippen LogP contribution in [0.1, 0.15) is 64.5 Å². The van der Waals surface area contributed by atoms with Gasteiger partial charge in [-0.25, -0.2) is 22.2 Å². The van der Waals surface area contributed by atoms with Gasteiger partial charge in [-0.3, -0.25) is 4.79 Å². The molecule has 0 bridgehead atoms. The molecule has 0 N–H and O–H groups in total. The lowest BCUT2D eigenvalue weighted by Gasteiger charge is -2.37. The van der Waals surface area contributed by atoms with Crippen molar-refractivity contribution < 1.29 is 26.7 Å². The zero-order valence-electron chi connectivity index (χ0n) is 19.2. The molecule has 0 aromatic carbocycles. The van der Waals surface area contributed by atoms with Crippen molar-refractivity contribution in [1.82, 2.24) is 14.2 Å². The lowest BCUT2D eigenvalue weighted by atomic mass is 9.91. The molecule has 2 fully saturated rings. The molecule has 7 nitrogen and oxygen atoms in total. The number of amides is 1. The molecule has 2 aliphatic rings. The Labute approximate surface area is 189 Å². The average molecular weight is 474 g/mol. The van der Waals surface area contributed by atoms with E-state index in [2.05, 4.69) is 4.98 Å². The SMILES string of the molecule is CC[C@@H](C)Oc1nc(C)ccc1S(=O)(=O)N1CCC[C@H]1C(=O)N(C)C1CCC(F)(F)CC1. The van der Waals surface area contributed by atoms with Crippen LogP contribution in [0.5, 0.6) is 5.88 Å². The van der Waals surface area contributed by atoms with Crippen LogP contribution in [0.2, 0.25) is 0 Å². The van der Waals surface area contributed by atoms with E-state index >= 15 is 0 Å². The van der Waals surface area contributed by atoms with Crippen LogP contribution in [0.3, 0.4) is 0 Å². The predicted octanol–water partition coefficient (Wildman–Crippen LogP) is 3.76. The van der Waals surface area contributed by atoms with Crippen LogP contribution in [-0.4, -0.2) is 66.2 Å². The molecule has 0 spiro atoms. The molecule has 1 saturated heterocycles. The van der Waals surface area contributed by atoms with Crippen molar-refractivity contribution in [3.8, 4) is 5.88 Å². The maximum atomic E-state index is 13.6. The Hall–Kier alpha value is -1.81. The van der Waals surface area contributed by atoms with E-state index in [9.17, 15) is 22.0 Å². The maximum absolute atomic E-state index is 13.6. The van der Waals surface area contributed by atoms with E-state index in [1.54, 1.807) is 20.0 Å². The largest absolute Gasteiger partial charge is 0.474 e. The normalized spacial score (nSPS) is 23.1. The lowest BCUT2D eigenvalue weighted by Crippen LogP contribution is -2.50. The highest BCUT2D eigenvalue weighted by Gasteiger charge is 2.44. The molecule has 1 aromatic rings. The molecular formula is C22H33F2N3O4S. The van der Waals surface area contributed by atoms with Gasteiger partial charge in [0.25, 0.3) is 0 Å². The number of pyridine rings is 1. The van der Waals surface area contributed by atoms with E-state index in [1.807, 2.05) is 13.8 Å². The summed E-state index contributed by atoms with van der Waals surface area (Å²) in [5, 5.41) is 0. The smallest absolute Gasteiger partial charge is 0.249 e. The summed E-state index contributed by atoms with van der Waals surface area (Å²) >= 11 is 0. The Bertz CT molecular complexity index is 931. The molecule has 1 aliphatic carbocycles.